The van der Waals surface area contributed by atoms with Crippen LogP contribution in [-0.4, -0.2) is 48.5 Å². The van der Waals surface area contributed by atoms with E-state index in [0.29, 0.717) is 39.1 Å². The third-order valence-corrected chi connectivity index (χ3v) is 6.21. The van der Waals surface area contributed by atoms with Crippen LogP contribution in [0.15, 0.2) is 83.0 Å². The third kappa shape index (κ3) is 5.26. The van der Waals surface area contributed by atoms with Gasteiger partial charge in [-0.3, -0.25) is 14.6 Å². The lowest BCUT2D eigenvalue weighted by Gasteiger charge is -2.07. The van der Waals surface area contributed by atoms with E-state index in [1.165, 1.54) is 11.8 Å². The van der Waals surface area contributed by atoms with Crippen molar-refractivity contribution in [3.63, 3.8) is 0 Å². The van der Waals surface area contributed by atoms with Crippen LogP contribution in [0.5, 0.6) is 5.75 Å². The van der Waals surface area contributed by atoms with Crippen molar-refractivity contribution < 1.29 is 9.53 Å². The van der Waals surface area contributed by atoms with E-state index in [4.69, 9.17) is 4.74 Å². The number of thioether (sulfide) groups is 1. The van der Waals surface area contributed by atoms with E-state index in [9.17, 15) is 9.59 Å². The number of rotatable bonds is 8. The van der Waals surface area contributed by atoms with Crippen molar-refractivity contribution in [2.75, 3.05) is 18.2 Å². The van der Waals surface area contributed by atoms with Crippen molar-refractivity contribution in [3.8, 4) is 17.1 Å². The highest BCUT2D eigenvalue weighted by molar-refractivity contribution is 7.99. The number of carbonyl (C=O) groups excluding carboxylic acids is 1. The summed E-state index contributed by atoms with van der Waals surface area (Å²) in [4.78, 5) is 41.2. The fourth-order valence-electron chi connectivity index (χ4n) is 3.51. The quantitative estimate of drug-likeness (QED) is 0.311. The summed E-state index contributed by atoms with van der Waals surface area (Å²) in [6.45, 7) is 0.181. The molecule has 2 aromatic carbocycles. The van der Waals surface area contributed by atoms with Crippen molar-refractivity contribution in [2.45, 2.75) is 11.7 Å². The number of aromatic amines is 1. The Bertz CT molecular complexity index is 1570. The molecule has 0 radical (unpaired) electrons. The molecule has 0 atom stereocenters. The number of benzene rings is 2. The van der Waals surface area contributed by atoms with Crippen molar-refractivity contribution in [2.24, 2.45) is 0 Å². The molecule has 0 unspecified atom stereocenters. The van der Waals surface area contributed by atoms with Crippen molar-refractivity contribution >= 4 is 34.3 Å². The standard InChI is InChI=1S/C25H21N7O3S/c1-35-18-8-6-17(7-9-18)27-22(33)15-36-25-30-23(16-10-12-26-13-11-16)31-32(25)14-21-28-20-5-3-2-4-19(20)24(34)29-21/h2-13H,14-15H2,1H3,(H,27,33)(H,28,29,34). The summed E-state index contributed by atoms with van der Waals surface area (Å²) in [5.41, 5.74) is 1.82. The topological polar surface area (TPSA) is 128 Å². The lowest BCUT2D eigenvalue weighted by atomic mass is 10.2. The molecule has 0 aliphatic rings. The number of hydrogen-bond donors (Lipinski definition) is 2. The maximum Gasteiger partial charge on any atom is 0.258 e. The predicted octanol–water partition coefficient (Wildman–Crippen LogP) is 3.36. The number of methoxy groups -OCH3 is 1. The van der Waals surface area contributed by atoms with Gasteiger partial charge in [-0.1, -0.05) is 23.9 Å². The summed E-state index contributed by atoms with van der Waals surface area (Å²) < 4.78 is 6.78. The third-order valence-electron chi connectivity index (χ3n) is 5.24. The van der Waals surface area contributed by atoms with E-state index in [-0.39, 0.29) is 23.8 Å². The number of fused-ring (bicyclic) bond motifs is 1. The van der Waals surface area contributed by atoms with E-state index in [1.807, 2.05) is 6.07 Å². The zero-order chi connectivity index (χ0) is 24.9. The molecule has 0 fully saturated rings. The maximum absolute atomic E-state index is 12.6. The monoisotopic (exact) mass is 499 g/mol. The van der Waals surface area contributed by atoms with Crippen LogP contribution < -0.4 is 15.6 Å². The van der Waals surface area contributed by atoms with Crippen molar-refractivity contribution in [3.05, 3.63) is 89.2 Å². The summed E-state index contributed by atoms with van der Waals surface area (Å²) in [5.74, 6) is 1.55. The normalized spacial score (nSPS) is 10.9. The predicted molar refractivity (Wildman–Crippen MR) is 137 cm³/mol. The minimum absolute atomic E-state index is 0.113. The van der Waals surface area contributed by atoms with Gasteiger partial charge in [-0.15, -0.1) is 5.10 Å². The highest BCUT2D eigenvalue weighted by Gasteiger charge is 2.16. The molecule has 11 heteroatoms. The molecule has 0 saturated carbocycles. The summed E-state index contributed by atoms with van der Waals surface area (Å²) in [7, 11) is 1.59. The fraction of sp³-hybridized carbons (Fsp3) is 0.120. The van der Waals surface area contributed by atoms with E-state index in [2.05, 4.69) is 30.4 Å². The highest BCUT2D eigenvalue weighted by Crippen LogP contribution is 2.23. The average molecular weight is 500 g/mol. The van der Waals surface area contributed by atoms with Gasteiger partial charge >= 0.3 is 0 Å². The molecule has 0 aliphatic carbocycles. The molecule has 180 valence electrons. The first-order chi connectivity index (χ1) is 17.6. The second kappa shape index (κ2) is 10.4. The van der Waals surface area contributed by atoms with Crippen molar-refractivity contribution in [1.29, 1.82) is 0 Å². The molecule has 0 aliphatic heterocycles. The van der Waals surface area contributed by atoms with Crippen LogP contribution in [0.1, 0.15) is 5.82 Å². The largest absolute Gasteiger partial charge is 0.497 e. The van der Waals surface area contributed by atoms with Crippen LogP contribution >= 0.6 is 11.8 Å². The van der Waals surface area contributed by atoms with Crippen LogP contribution in [0.4, 0.5) is 5.69 Å². The molecule has 3 aromatic heterocycles. The smallest absolute Gasteiger partial charge is 0.258 e. The first kappa shape index (κ1) is 23.2. The zero-order valence-corrected chi connectivity index (χ0v) is 20.0. The number of amides is 1. The Kier molecular flexibility index (Phi) is 6.72. The highest BCUT2D eigenvalue weighted by atomic mass is 32.2. The zero-order valence-electron chi connectivity index (χ0n) is 19.2. The molecule has 3 heterocycles. The first-order valence-corrected chi connectivity index (χ1v) is 12.0. The van der Waals surface area contributed by atoms with Crippen LogP contribution in [0.2, 0.25) is 0 Å². The summed E-state index contributed by atoms with van der Waals surface area (Å²) in [6, 6.07) is 17.8. The number of nitrogens with zero attached hydrogens (tertiary/aromatic N) is 5. The number of para-hydroxylation sites is 1. The number of anilines is 1. The van der Waals surface area contributed by atoms with Crippen LogP contribution in [-0.2, 0) is 11.3 Å². The van der Waals surface area contributed by atoms with Gasteiger partial charge in [0.05, 0.1) is 23.8 Å². The Morgan fingerprint density at radius 1 is 1.06 bits per heavy atom. The molecular weight excluding hydrogens is 478 g/mol. The van der Waals surface area contributed by atoms with Crippen molar-refractivity contribution in [1.82, 2.24) is 29.7 Å². The lowest BCUT2D eigenvalue weighted by Crippen LogP contribution is -2.17. The van der Waals surface area contributed by atoms with E-state index in [0.717, 1.165) is 5.56 Å². The van der Waals surface area contributed by atoms with E-state index >= 15 is 0 Å². The van der Waals surface area contributed by atoms with Gasteiger partial charge in [-0.05, 0) is 48.5 Å². The van der Waals surface area contributed by atoms with Gasteiger partial charge in [0.15, 0.2) is 11.0 Å². The fourth-order valence-corrected chi connectivity index (χ4v) is 4.25. The van der Waals surface area contributed by atoms with Gasteiger partial charge in [0.2, 0.25) is 5.91 Å². The molecule has 0 saturated heterocycles. The number of aromatic nitrogens is 6. The number of pyridine rings is 1. The minimum atomic E-state index is -0.224. The molecule has 0 bridgehead atoms. The summed E-state index contributed by atoms with van der Waals surface area (Å²) in [6.07, 6.45) is 3.32. The van der Waals surface area contributed by atoms with Crippen LogP contribution in [0.3, 0.4) is 0 Å². The summed E-state index contributed by atoms with van der Waals surface area (Å²) >= 11 is 1.24. The number of nitrogens with one attached hydrogen (secondary N) is 2. The Labute approximate surface area is 209 Å². The second-order valence-corrected chi connectivity index (χ2v) is 8.65. The molecule has 36 heavy (non-hydrogen) atoms. The molecule has 1 amide bonds. The van der Waals surface area contributed by atoms with Gasteiger partial charge in [-0.2, -0.15) is 0 Å². The minimum Gasteiger partial charge on any atom is -0.497 e. The molecule has 2 N–H and O–H groups in total. The van der Waals surface area contributed by atoms with Gasteiger partial charge in [0.1, 0.15) is 18.1 Å². The number of hydrogen-bond acceptors (Lipinski definition) is 8. The lowest BCUT2D eigenvalue weighted by molar-refractivity contribution is -0.113. The van der Waals surface area contributed by atoms with E-state index in [1.54, 1.807) is 78.8 Å². The molecule has 5 rings (SSSR count). The number of ether oxygens (including phenoxy) is 1. The Hall–Kier alpha value is -4.51. The molecular formula is C25H21N7O3S. The maximum atomic E-state index is 12.6. The number of carbonyl (C=O) groups is 1. The summed E-state index contributed by atoms with van der Waals surface area (Å²) in [5, 5.41) is 8.51. The molecule has 10 nitrogen and oxygen atoms in total. The van der Waals surface area contributed by atoms with Gasteiger partial charge in [0.25, 0.3) is 5.56 Å². The Morgan fingerprint density at radius 2 is 1.83 bits per heavy atom. The van der Waals surface area contributed by atoms with Gasteiger partial charge < -0.3 is 15.0 Å². The second-order valence-electron chi connectivity index (χ2n) is 7.71. The van der Waals surface area contributed by atoms with Gasteiger partial charge in [-0.25, -0.2) is 14.6 Å². The van der Waals surface area contributed by atoms with Crippen LogP contribution in [0.25, 0.3) is 22.3 Å². The molecule has 0 spiro atoms. The van der Waals surface area contributed by atoms with Gasteiger partial charge in [0, 0.05) is 23.6 Å². The average Bonchev–Trinajstić information content (AvgIpc) is 3.31. The first-order valence-electron chi connectivity index (χ1n) is 11.0. The molecule has 5 aromatic rings. The SMILES string of the molecule is COc1ccc(NC(=O)CSc2nc(-c3ccncc3)nn2Cc2nc3ccccc3c(=O)[nH]2)cc1. The number of H-pyrrole nitrogens is 1. The van der Waals surface area contributed by atoms with E-state index < -0.39 is 0 Å². The Balaban J connectivity index is 1.38. The Morgan fingerprint density at radius 3 is 2.61 bits per heavy atom. The van der Waals surface area contributed by atoms with Crippen LogP contribution in [0, 0.1) is 0 Å².